The van der Waals surface area contributed by atoms with E-state index in [1.54, 1.807) is 5.01 Å². The maximum Gasteiger partial charge on any atom is 0.472 e. The minimum absolute atomic E-state index is 0.0246. The maximum atomic E-state index is 14.0. The van der Waals surface area contributed by atoms with E-state index in [0.29, 0.717) is 24.1 Å². The smallest absolute Gasteiger partial charge is 0.387 e. The molecule has 3 aliphatic rings. The fraction of sp³-hybridized carbons (Fsp3) is 0.703. The number of amidine groups is 1. The molecule has 2 unspecified atom stereocenters. The van der Waals surface area contributed by atoms with Crippen LogP contribution in [0.4, 0.5) is 4.39 Å². The third-order valence-electron chi connectivity index (χ3n) is 9.96. The number of aliphatic hydroxyl groups excluding tert-OH is 2. The molecular formula is C37H57FN5O8P. The van der Waals surface area contributed by atoms with Crippen LogP contribution in [0.15, 0.2) is 40.1 Å². The summed E-state index contributed by atoms with van der Waals surface area (Å²) in [6, 6.07) is 5.39. The van der Waals surface area contributed by atoms with E-state index in [2.05, 4.69) is 17.0 Å². The van der Waals surface area contributed by atoms with Gasteiger partial charge in [-0.2, -0.15) is 10.4 Å². The maximum absolute atomic E-state index is 14.0. The van der Waals surface area contributed by atoms with Crippen molar-refractivity contribution in [3.05, 3.63) is 46.9 Å². The number of ether oxygens (including phenoxy) is 2. The number of rotatable bonds is 24. The van der Waals surface area contributed by atoms with E-state index in [1.165, 1.54) is 83.2 Å². The van der Waals surface area contributed by atoms with Gasteiger partial charge in [-0.1, -0.05) is 96.5 Å². The first kappa shape index (κ1) is 42.0. The quantitative estimate of drug-likeness (QED) is 0.0680. The van der Waals surface area contributed by atoms with Gasteiger partial charge in [0, 0.05) is 0 Å². The molecule has 0 amide bonds. The summed E-state index contributed by atoms with van der Waals surface area (Å²) in [5, 5.41) is 36.9. The lowest BCUT2D eigenvalue weighted by atomic mass is 9.95. The monoisotopic (exact) mass is 749 g/mol. The van der Waals surface area contributed by atoms with E-state index in [1.807, 2.05) is 12.1 Å². The molecule has 52 heavy (non-hydrogen) atoms. The van der Waals surface area contributed by atoms with Crippen molar-refractivity contribution in [3.63, 3.8) is 0 Å². The third-order valence-corrected chi connectivity index (χ3v) is 10.9. The molecular weight excluding hydrogens is 692 g/mol. The van der Waals surface area contributed by atoms with Crippen molar-refractivity contribution in [2.75, 3.05) is 13.2 Å². The second kappa shape index (κ2) is 20.7. The molecule has 1 aromatic rings. The summed E-state index contributed by atoms with van der Waals surface area (Å²) in [7, 11) is -4.68. The van der Waals surface area contributed by atoms with Crippen molar-refractivity contribution >= 4 is 20.0 Å². The van der Waals surface area contributed by atoms with Crippen molar-refractivity contribution in [3.8, 4) is 6.07 Å². The lowest BCUT2D eigenvalue weighted by Gasteiger charge is -2.32. The molecule has 5 N–H and O–H groups in total. The molecule has 0 saturated carbocycles. The van der Waals surface area contributed by atoms with Crippen LogP contribution in [-0.2, 0) is 29.7 Å². The van der Waals surface area contributed by atoms with Crippen molar-refractivity contribution < 1.29 is 42.6 Å². The number of hydrazone groups is 1. The number of aliphatic imine (C=N–C) groups is 1. The zero-order valence-corrected chi connectivity index (χ0v) is 31.5. The predicted molar refractivity (Wildman–Crippen MR) is 195 cm³/mol. The Kier molecular flexibility index (Phi) is 16.7. The van der Waals surface area contributed by atoms with Gasteiger partial charge in [0.25, 0.3) is 0 Å². The Morgan fingerprint density at radius 3 is 2.38 bits per heavy atom. The number of phosphoric acid groups is 1. The summed E-state index contributed by atoms with van der Waals surface area (Å²) in [5.74, 6) is -0.284. The molecule has 0 radical (unpaired) electrons. The molecule has 0 aliphatic carbocycles. The highest BCUT2D eigenvalue weighted by Gasteiger charge is 2.56. The highest BCUT2D eigenvalue weighted by Crippen LogP contribution is 2.47. The zero-order chi connectivity index (χ0) is 37.6. The molecule has 0 bridgehead atoms. The molecule has 15 heteroatoms. The minimum atomic E-state index is -4.68. The number of nitrogens with two attached hydrogens (primary N) is 1. The summed E-state index contributed by atoms with van der Waals surface area (Å²) < 4.78 is 49.9. The van der Waals surface area contributed by atoms with Gasteiger partial charge in [0.15, 0.2) is 5.84 Å². The van der Waals surface area contributed by atoms with Crippen molar-refractivity contribution in [2.24, 2.45) is 15.8 Å². The molecule has 1 saturated heterocycles. The van der Waals surface area contributed by atoms with E-state index in [4.69, 9.17) is 24.3 Å². The zero-order valence-electron chi connectivity index (χ0n) is 30.6. The first-order valence-corrected chi connectivity index (χ1v) is 20.3. The summed E-state index contributed by atoms with van der Waals surface area (Å²) in [5.41, 5.74) is 5.61. The molecule has 290 valence electrons. The minimum Gasteiger partial charge on any atom is -0.387 e. The van der Waals surface area contributed by atoms with Gasteiger partial charge in [-0.05, 0) is 43.5 Å². The average Bonchev–Trinajstić information content (AvgIpc) is 3.65. The van der Waals surface area contributed by atoms with E-state index < -0.39 is 56.3 Å². The highest BCUT2D eigenvalue weighted by molar-refractivity contribution is 7.47. The van der Waals surface area contributed by atoms with Crippen LogP contribution >= 0.6 is 7.82 Å². The number of unbranched alkanes of at least 4 members (excludes halogenated alkanes) is 12. The Bertz CT molecular complexity index is 1470. The van der Waals surface area contributed by atoms with E-state index in [9.17, 15) is 29.3 Å². The van der Waals surface area contributed by atoms with Gasteiger partial charge in [0.1, 0.15) is 36.1 Å². The number of fused-ring (bicyclic) bond motifs is 1. The second-order valence-corrected chi connectivity index (χ2v) is 15.7. The molecule has 13 nitrogen and oxygen atoms in total. The first-order valence-electron chi connectivity index (χ1n) is 18.8. The fourth-order valence-electron chi connectivity index (χ4n) is 6.92. The molecule has 7 atom stereocenters. The second-order valence-electron chi connectivity index (χ2n) is 14.3. The van der Waals surface area contributed by atoms with Gasteiger partial charge in [0.2, 0.25) is 0 Å². The number of halogens is 1. The number of phosphoric ester groups is 1. The van der Waals surface area contributed by atoms with Gasteiger partial charge in [0.05, 0.1) is 49.3 Å². The van der Waals surface area contributed by atoms with Gasteiger partial charge >= 0.3 is 7.82 Å². The standard InChI is InChI=1S/C37H57FN5O8P/c1-3-4-5-6-7-8-9-10-11-12-13-14-15-16-30(48-23-28-19-27(22-39)20-29(38)21-28)24-49-52(46,47)50-25-37(2)35(45)33(44)34(51-37)31-17-18-32-36(40)41-26-42-43(31)32/h18-21,26,30-31,33-35,44-45H,3-17,23-25H2,1-2H3,(H,46,47)(H2,40,41,42)/t30-,31?,33+,34+,35+,37-/m1/s1. The van der Waals surface area contributed by atoms with Crippen molar-refractivity contribution in [2.45, 2.75) is 153 Å². The summed E-state index contributed by atoms with van der Waals surface area (Å²) >= 11 is 0. The van der Waals surface area contributed by atoms with Crippen LogP contribution in [0.5, 0.6) is 0 Å². The first-order chi connectivity index (χ1) is 25.0. The van der Waals surface area contributed by atoms with Crippen LogP contribution in [-0.4, -0.2) is 81.6 Å². The largest absolute Gasteiger partial charge is 0.472 e. The van der Waals surface area contributed by atoms with Gasteiger partial charge in [-0.15, -0.1) is 0 Å². The normalized spacial score (nSPS) is 25.8. The third kappa shape index (κ3) is 12.4. The summed E-state index contributed by atoms with van der Waals surface area (Å²) in [6.45, 7) is 2.85. The van der Waals surface area contributed by atoms with Crippen molar-refractivity contribution in [1.29, 1.82) is 5.26 Å². The fourth-order valence-corrected chi connectivity index (χ4v) is 7.76. The van der Waals surface area contributed by atoms with Gasteiger partial charge in [-0.25, -0.2) is 13.9 Å². The Balaban J connectivity index is 1.24. The Hall–Kier alpha value is -2.73. The Labute approximate surface area is 307 Å². The van der Waals surface area contributed by atoms with Crippen LogP contribution in [0, 0.1) is 17.1 Å². The topological polar surface area (TPSA) is 192 Å². The molecule has 1 fully saturated rings. The van der Waals surface area contributed by atoms with Crippen LogP contribution in [0.25, 0.3) is 0 Å². The number of hydrogen-bond acceptors (Lipinski definition) is 12. The molecule has 1 aromatic carbocycles. The van der Waals surface area contributed by atoms with Crippen molar-refractivity contribution in [1.82, 2.24) is 5.01 Å². The Morgan fingerprint density at radius 2 is 1.73 bits per heavy atom. The highest BCUT2D eigenvalue weighted by atomic mass is 31.2. The lowest BCUT2D eigenvalue weighted by molar-refractivity contribution is -0.110. The summed E-state index contributed by atoms with van der Waals surface area (Å²) in [4.78, 5) is 14.6. The number of nitrogens with zero attached hydrogens (tertiary/aromatic N) is 4. The predicted octanol–water partition coefficient (Wildman–Crippen LogP) is 6.35. The molecule has 0 spiro atoms. The molecule has 3 aliphatic heterocycles. The number of aliphatic hydroxyl groups is 2. The van der Waals surface area contributed by atoms with E-state index in [0.717, 1.165) is 31.7 Å². The van der Waals surface area contributed by atoms with Gasteiger partial charge in [-0.3, -0.25) is 14.1 Å². The number of hydrogen-bond donors (Lipinski definition) is 4. The summed E-state index contributed by atoms with van der Waals surface area (Å²) in [6.07, 6.45) is 15.3. The van der Waals surface area contributed by atoms with Crippen LogP contribution in [0.1, 0.15) is 121 Å². The van der Waals surface area contributed by atoms with Crippen LogP contribution in [0.2, 0.25) is 0 Å². The average molecular weight is 750 g/mol. The Morgan fingerprint density at radius 1 is 1.08 bits per heavy atom. The van der Waals surface area contributed by atoms with Gasteiger partial charge < -0.3 is 30.3 Å². The molecule has 0 aromatic heterocycles. The van der Waals surface area contributed by atoms with Crippen LogP contribution < -0.4 is 5.73 Å². The SMILES string of the molecule is CCCCCCCCCCCCCCC[C@H](COP(=O)(O)OC[C@@]1(C)O[C@@H](C2CC=C3C(N)=NC=NN32)[C@H](O)[C@@H]1O)OCc1cc(F)cc(C#N)c1. The molecule has 4 rings (SSSR count). The number of nitriles is 1. The van der Waals surface area contributed by atoms with Crippen LogP contribution in [0.3, 0.4) is 0 Å². The van der Waals surface area contributed by atoms with E-state index in [-0.39, 0.29) is 24.6 Å². The lowest BCUT2D eigenvalue weighted by Crippen LogP contribution is -2.46. The number of benzene rings is 1. The molecule has 3 heterocycles. The van der Waals surface area contributed by atoms with E-state index >= 15 is 0 Å².